The largest absolute Gasteiger partial charge is 0.493 e. The highest BCUT2D eigenvalue weighted by molar-refractivity contribution is 5.78. The Morgan fingerprint density at radius 2 is 2.23 bits per heavy atom. The van der Waals surface area contributed by atoms with E-state index < -0.39 is 13.0 Å². The average Bonchev–Trinajstić information content (AvgIpc) is 2.65. The number of halogens is 2. The third-order valence-electron chi connectivity index (χ3n) is 3.87. The van der Waals surface area contributed by atoms with Crippen LogP contribution < -0.4 is 20.5 Å². The smallest absolute Gasteiger partial charge is 0.272 e. The highest BCUT2D eigenvalue weighted by atomic mass is 19.3. The van der Waals surface area contributed by atoms with Crippen molar-refractivity contribution in [1.82, 2.24) is 10.3 Å². The quantitative estimate of drug-likeness (QED) is 0.610. The zero-order valence-electron chi connectivity index (χ0n) is 14.1. The van der Waals surface area contributed by atoms with Gasteiger partial charge in [-0.15, -0.1) is 0 Å². The fraction of sp³-hybridized carbons (Fsp3) is 0.333. The number of hydrogen-bond donors (Lipinski definition) is 2. The van der Waals surface area contributed by atoms with Crippen LogP contribution in [0.15, 0.2) is 47.6 Å². The lowest BCUT2D eigenvalue weighted by atomic mass is 10.0. The van der Waals surface area contributed by atoms with Crippen LogP contribution in [-0.4, -0.2) is 30.6 Å². The van der Waals surface area contributed by atoms with Crippen LogP contribution in [0.1, 0.15) is 23.6 Å². The summed E-state index contributed by atoms with van der Waals surface area (Å²) in [5.74, 6) is 1.29. The van der Waals surface area contributed by atoms with Crippen LogP contribution in [0, 0.1) is 0 Å². The van der Waals surface area contributed by atoms with E-state index in [1.165, 1.54) is 6.20 Å². The third-order valence-corrected chi connectivity index (χ3v) is 3.87. The van der Waals surface area contributed by atoms with Gasteiger partial charge in [0.2, 0.25) is 5.88 Å². The number of guanidine groups is 1. The Labute approximate surface area is 150 Å². The van der Waals surface area contributed by atoms with Crippen molar-refractivity contribution in [3.8, 4) is 11.6 Å². The van der Waals surface area contributed by atoms with Crippen molar-refractivity contribution in [2.75, 3.05) is 13.2 Å². The third kappa shape index (κ3) is 4.81. The number of para-hydroxylation sites is 1. The van der Waals surface area contributed by atoms with Gasteiger partial charge in [-0.2, -0.15) is 0 Å². The summed E-state index contributed by atoms with van der Waals surface area (Å²) >= 11 is 0. The van der Waals surface area contributed by atoms with Gasteiger partial charge in [0.25, 0.3) is 6.43 Å². The summed E-state index contributed by atoms with van der Waals surface area (Å²) in [6.45, 7) is 0.209. The average molecular weight is 362 g/mol. The summed E-state index contributed by atoms with van der Waals surface area (Å²) in [6.07, 6.45) is -0.265. The highest BCUT2D eigenvalue weighted by Crippen LogP contribution is 2.31. The van der Waals surface area contributed by atoms with Gasteiger partial charge in [0, 0.05) is 24.2 Å². The first-order chi connectivity index (χ1) is 12.6. The molecule has 0 bridgehead atoms. The second kappa shape index (κ2) is 8.46. The van der Waals surface area contributed by atoms with E-state index in [9.17, 15) is 8.78 Å². The summed E-state index contributed by atoms with van der Waals surface area (Å²) < 4.78 is 34.9. The lowest BCUT2D eigenvalue weighted by molar-refractivity contribution is 0.0795. The summed E-state index contributed by atoms with van der Waals surface area (Å²) in [5.41, 5.74) is 7.81. The number of rotatable bonds is 6. The van der Waals surface area contributed by atoms with Crippen molar-refractivity contribution in [1.29, 1.82) is 0 Å². The molecule has 0 saturated carbocycles. The minimum Gasteiger partial charge on any atom is -0.493 e. The summed E-state index contributed by atoms with van der Waals surface area (Å²) in [6, 6.07) is 11.1. The summed E-state index contributed by atoms with van der Waals surface area (Å²) in [7, 11) is 0. The van der Waals surface area contributed by atoms with E-state index in [0.717, 1.165) is 23.3 Å². The van der Waals surface area contributed by atoms with Crippen LogP contribution in [0.3, 0.4) is 0 Å². The predicted molar refractivity (Wildman–Crippen MR) is 93.5 cm³/mol. The number of alkyl halides is 2. The standard InChI is InChI=1S/C18H20F2N4O2/c19-16(20)11-26-17-9-12(5-7-22-17)10-23-18(21)24-14-6-8-25-15-4-2-1-3-13(14)15/h1-5,7,9,14,16H,6,8,10-11H2,(H3,21,23,24). The number of benzene rings is 1. The van der Waals surface area contributed by atoms with Crippen molar-refractivity contribution in [2.45, 2.75) is 25.4 Å². The first kappa shape index (κ1) is 17.9. The first-order valence-corrected chi connectivity index (χ1v) is 8.26. The maximum absolute atomic E-state index is 12.2. The molecule has 1 aliphatic rings. The Balaban J connectivity index is 1.60. The van der Waals surface area contributed by atoms with Gasteiger partial charge in [0.05, 0.1) is 19.2 Å². The molecule has 26 heavy (non-hydrogen) atoms. The van der Waals surface area contributed by atoms with Crippen molar-refractivity contribution >= 4 is 5.96 Å². The number of aliphatic imine (C=N–C) groups is 1. The molecule has 1 unspecified atom stereocenters. The first-order valence-electron chi connectivity index (χ1n) is 8.26. The van der Waals surface area contributed by atoms with Gasteiger partial charge in [-0.05, 0) is 17.7 Å². The van der Waals surface area contributed by atoms with Gasteiger partial charge in [-0.1, -0.05) is 18.2 Å². The molecule has 1 atom stereocenters. The van der Waals surface area contributed by atoms with Crippen molar-refractivity contribution < 1.29 is 18.3 Å². The van der Waals surface area contributed by atoms with E-state index in [2.05, 4.69) is 15.3 Å². The molecule has 0 radical (unpaired) electrons. The van der Waals surface area contributed by atoms with E-state index in [1.54, 1.807) is 12.1 Å². The zero-order chi connectivity index (χ0) is 18.4. The molecule has 2 heterocycles. The van der Waals surface area contributed by atoms with Crippen LogP contribution in [-0.2, 0) is 6.54 Å². The highest BCUT2D eigenvalue weighted by Gasteiger charge is 2.21. The second-order valence-electron chi connectivity index (χ2n) is 5.78. The van der Waals surface area contributed by atoms with Crippen LogP contribution >= 0.6 is 0 Å². The van der Waals surface area contributed by atoms with Crippen LogP contribution in [0.25, 0.3) is 0 Å². The van der Waals surface area contributed by atoms with Crippen LogP contribution in [0.4, 0.5) is 8.78 Å². The number of fused-ring (bicyclic) bond motifs is 1. The molecule has 0 fully saturated rings. The Kier molecular flexibility index (Phi) is 5.83. The minimum atomic E-state index is -2.54. The Morgan fingerprint density at radius 1 is 1.38 bits per heavy atom. The van der Waals surface area contributed by atoms with E-state index in [4.69, 9.17) is 15.2 Å². The van der Waals surface area contributed by atoms with Gasteiger partial charge in [0.15, 0.2) is 12.6 Å². The number of ether oxygens (including phenoxy) is 2. The van der Waals surface area contributed by atoms with Crippen molar-refractivity contribution in [3.63, 3.8) is 0 Å². The molecule has 6 nitrogen and oxygen atoms in total. The van der Waals surface area contributed by atoms with E-state index in [0.29, 0.717) is 12.6 Å². The molecule has 1 aromatic heterocycles. The molecule has 0 aliphatic carbocycles. The minimum absolute atomic E-state index is 0.0334. The number of nitrogens with two attached hydrogens (primary N) is 1. The molecule has 1 aromatic carbocycles. The summed E-state index contributed by atoms with van der Waals surface area (Å²) in [4.78, 5) is 8.20. The van der Waals surface area contributed by atoms with Crippen molar-refractivity contribution in [3.05, 3.63) is 53.7 Å². The fourth-order valence-electron chi connectivity index (χ4n) is 2.67. The van der Waals surface area contributed by atoms with Crippen LogP contribution in [0.2, 0.25) is 0 Å². The zero-order valence-corrected chi connectivity index (χ0v) is 14.1. The van der Waals surface area contributed by atoms with Gasteiger partial charge >= 0.3 is 0 Å². The number of nitrogens with one attached hydrogen (secondary N) is 1. The number of hydrogen-bond acceptors (Lipinski definition) is 4. The lowest BCUT2D eigenvalue weighted by Gasteiger charge is -2.26. The Hall–Kier alpha value is -2.90. The predicted octanol–water partition coefficient (Wildman–Crippen LogP) is 2.65. The molecular formula is C18H20F2N4O2. The second-order valence-corrected chi connectivity index (χ2v) is 5.78. The van der Waals surface area contributed by atoms with Gasteiger partial charge < -0.3 is 20.5 Å². The normalized spacial score (nSPS) is 16.7. The molecule has 8 heteroatoms. The van der Waals surface area contributed by atoms with Crippen LogP contribution in [0.5, 0.6) is 11.6 Å². The monoisotopic (exact) mass is 362 g/mol. The Bertz CT molecular complexity index is 770. The van der Waals surface area contributed by atoms with E-state index in [1.807, 2.05) is 24.3 Å². The number of nitrogens with zero attached hydrogens (tertiary/aromatic N) is 2. The van der Waals surface area contributed by atoms with Gasteiger partial charge in [-0.3, -0.25) is 0 Å². The van der Waals surface area contributed by atoms with E-state index >= 15 is 0 Å². The molecular weight excluding hydrogens is 342 g/mol. The SMILES string of the molecule is NC(=NCc1ccnc(OCC(F)F)c1)NC1CCOc2ccccc21. The molecule has 0 amide bonds. The molecule has 138 valence electrons. The molecule has 1 aliphatic heterocycles. The van der Waals surface area contributed by atoms with E-state index in [-0.39, 0.29) is 18.5 Å². The number of pyridine rings is 1. The Morgan fingerprint density at radius 3 is 3.08 bits per heavy atom. The summed E-state index contributed by atoms with van der Waals surface area (Å²) in [5, 5.41) is 3.20. The van der Waals surface area contributed by atoms with Crippen molar-refractivity contribution in [2.24, 2.45) is 10.7 Å². The maximum atomic E-state index is 12.2. The topological polar surface area (TPSA) is 81.8 Å². The number of aromatic nitrogens is 1. The molecule has 2 aromatic rings. The fourth-order valence-corrected chi connectivity index (χ4v) is 2.67. The maximum Gasteiger partial charge on any atom is 0.272 e. The van der Waals surface area contributed by atoms with Gasteiger partial charge in [-0.25, -0.2) is 18.8 Å². The lowest BCUT2D eigenvalue weighted by Crippen LogP contribution is -2.37. The molecule has 0 saturated heterocycles. The molecule has 0 spiro atoms. The molecule has 3 rings (SSSR count). The van der Waals surface area contributed by atoms with Gasteiger partial charge in [0.1, 0.15) is 5.75 Å². The molecule has 3 N–H and O–H groups in total.